The zero-order valence-corrected chi connectivity index (χ0v) is 15.5. The molecule has 1 aromatic heterocycles. The first-order valence-corrected chi connectivity index (χ1v) is 8.95. The number of ether oxygens (including phenoxy) is 1. The summed E-state index contributed by atoms with van der Waals surface area (Å²) in [6.45, 7) is 0. The molecule has 3 rings (SSSR count). The van der Waals surface area contributed by atoms with Crippen LogP contribution in [0.3, 0.4) is 0 Å². The molecule has 1 N–H and O–H groups in total. The number of aromatic nitrogens is 2. The fraction of sp³-hybridized carbons (Fsp3) is 0.238. The molecule has 0 saturated carbocycles. The number of aryl methyl sites for hydroxylation is 1. The van der Waals surface area contributed by atoms with E-state index in [2.05, 4.69) is 15.5 Å². The Morgan fingerprint density at radius 2 is 1.75 bits per heavy atom. The Kier molecular flexibility index (Phi) is 6.51. The Bertz CT molecular complexity index is 910. The number of carbonyl (C=O) groups is 2. The molecule has 7 nitrogen and oxygen atoms in total. The molecule has 1 heterocycles. The van der Waals surface area contributed by atoms with Gasteiger partial charge in [0.15, 0.2) is 0 Å². The largest absolute Gasteiger partial charge is 0.469 e. The van der Waals surface area contributed by atoms with Gasteiger partial charge in [-0.2, -0.15) is 4.98 Å². The van der Waals surface area contributed by atoms with E-state index in [1.165, 1.54) is 7.11 Å². The summed E-state index contributed by atoms with van der Waals surface area (Å²) < 4.78 is 9.96. The average Bonchev–Trinajstić information content (AvgIpc) is 3.22. The van der Waals surface area contributed by atoms with Crippen LogP contribution in [0.1, 0.15) is 30.3 Å². The first-order valence-electron chi connectivity index (χ1n) is 8.95. The molecule has 1 amide bonds. The maximum absolute atomic E-state index is 12.4. The fourth-order valence-electron chi connectivity index (χ4n) is 2.74. The van der Waals surface area contributed by atoms with E-state index in [9.17, 15) is 9.59 Å². The lowest BCUT2D eigenvalue weighted by atomic mass is 10.0. The van der Waals surface area contributed by atoms with Crippen LogP contribution in [0.2, 0.25) is 0 Å². The molecule has 28 heavy (non-hydrogen) atoms. The van der Waals surface area contributed by atoms with E-state index in [0.717, 1.165) is 11.1 Å². The molecule has 0 saturated heterocycles. The standard InChI is InChI=1S/C21H21N3O4/c1-27-20(26)14-17(15-8-4-2-5-9-15)22-18(25)12-13-19-23-21(24-28-19)16-10-6-3-7-11-16/h2-11,17H,12-14H2,1H3,(H,22,25). The second-order valence-electron chi connectivity index (χ2n) is 6.19. The molecule has 1 atom stereocenters. The number of esters is 1. The highest BCUT2D eigenvalue weighted by Crippen LogP contribution is 2.18. The SMILES string of the molecule is COC(=O)CC(NC(=O)CCc1nc(-c2ccccc2)no1)c1ccccc1. The summed E-state index contributed by atoms with van der Waals surface area (Å²) in [5.41, 5.74) is 1.69. The maximum atomic E-state index is 12.4. The third-order valence-electron chi connectivity index (χ3n) is 4.20. The molecule has 2 aromatic carbocycles. The smallest absolute Gasteiger partial charge is 0.307 e. The van der Waals surface area contributed by atoms with Crippen molar-refractivity contribution in [2.75, 3.05) is 7.11 Å². The molecule has 0 aliphatic carbocycles. The van der Waals surface area contributed by atoms with E-state index in [4.69, 9.17) is 9.26 Å². The lowest BCUT2D eigenvalue weighted by Gasteiger charge is -2.18. The Balaban J connectivity index is 1.59. The van der Waals surface area contributed by atoms with E-state index in [-0.39, 0.29) is 18.7 Å². The van der Waals surface area contributed by atoms with E-state index in [1.54, 1.807) is 0 Å². The van der Waals surface area contributed by atoms with Gasteiger partial charge < -0.3 is 14.6 Å². The molecule has 0 aliphatic heterocycles. The number of nitrogens with one attached hydrogen (secondary N) is 1. The van der Waals surface area contributed by atoms with Gasteiger partial charge in [-0.25, -0.2) is 0 Å². The predicted octanol–water partition coefficient (Wildman–Crippen LogP) is 3.09. The number of hydrogen-bond acceptors (Lipinski definition) is 6. The van der Waals surface area contributed by atoms with Crippen molar-refractivity contribution in [3.63, 3.8) is 0 Å². The molecule has 3 aromatic rings. The Labute approximate surface area is 162 Å². The van der Waals surface area contributed by atoms with Gasteiger partial charge in [-0.1, -0.05) is 65.8 Å². The van der Waals surface area contributed by atoms with Crippen molar-refractivity contribution in [3.8, 4) is 11.4 Å². The van der Waals surface area contributed by atoms with Crippen molar-refractivity contribution in [3.05, 3.63) is 72.1 Å². The second kappa shape index (κ2) is 9.45. The highest BCUT2D eigenvalue weighted by atomic mass is 16.5. The van der Waals surface area contributed by atoms with E-state index in [0.29, 0.717) is 18.1 Å². The zero-order chi connectivity index (χ0) is 19.8. The van der Waals surface area contributed by atoms with Gasteiger partial charge in [-0.05, 0) is 5.56 Å². The van der Waals surface area contributed by atoms with Crippen LogP contribution in [0.25, 0.3) is 11.4 Å². The van der Waals surface area contributed by atoms with Crippen LogP contribution in [0, 0.1) is 0 Å². The fourth-order valence-corrected chi connectivity index (χ4v) is 2.74. The zero-order valence-electron chi connectivity index (χ0n) is 15.5. The third-order valence-corrected chi connectivity index (χ3v) is 4.20. The van der Waals surface area contributed by atoms with E-state index >= 15 is 0 Å². The first kappa shape index (κ1) is 19.3. The van der Waals surface area contributed by atoms with Gasteiger partial charge in [0.1, 0.15) is 0 Å². The van der Waals surface area contributed by atoms with Crippen LogP contribution >= 0.6 is 0 Å². The number of carbonyl (C=O) groups excluding carboxylic acids is 2. The number of benzene rings is 2. The van der Waals surface area contributed by atoms with Gasteiger partial charge in [0.05, 0.1) is 19.6 Å². The minimum Gasteiger partial charge on any atom is -0.469 e. The number of nitrogens with zero attached hydrogens (tertiary/aromatic N) is 2. The quantitative estimate of drug-likeness (QED) is 0.605. The monoisotopic (exact) mass is 379 g/mol. The van der Waals surface area contributed by atoms with Crippen molar-refractivity contribution in [1.82, 2.24) is 15.5 Å². The van der Waals surface area contributed by atoms with Gasteiger partial charge in [-0.3, -0.25) is 9.59 Å². The highest BCUT2D eigenvalue weighted by Gasteiger charge is 2.19. The van der Waals surface area contributed by atoms with Crippen molar-refractivity contribution in [2.24, 2.45) is 0 Å². The molecular formula is C21H21N3O4. The molecule has 7 heteroatoms. The van der Waals surface area contributed by atoms with E-state index < -0.39 is 12.0 Å². The minimum atomic E-state index is -0.455. The van der Waals surface area contributed by atoms with Gasteiger partial charge >= 0.3 is 5.97 Å². The summed E-state index contributed by atoms with van der Waals surface area (Å²) in [5.74, 6) is 0.276. The van der Waals surface area contributed by atoms with Crippen molar-refractivity contribution in [1.29, 1.82) is 0 Å². The molecule has 0 radical (unpaired) electrons. The normalized spacial score (nSPS) is 11.6. The Morgan fingerprint density at radius 1 is 1.07 bits per heavy atom. The molecular weight excluding hydrogens is 358 g/mol. The Morgan fingerprint density at radius 3 is 2.43 bits per heavy atom. The molecule has 0 spiro atoms. The summed E-state index contributed by atoms with van der Waals surface area (Å²) in [7, 11) is 1.33. The van der Waals surface area contributed by atoms with Crippen molar-refractivity contribution in [2.45, 2.75) is 25.3 Å². The number of hydrogen-bond donors (Lipinski definition) is 1. The lowest BCUT2D eigenvalue weighted by molar-refractivity contribution is -0.141. The summed E-state index contributed by atoms with van der Waals surface area (Å²) in [5, 5.41) is 6.82. The number of amides is 1. The maximum Gasteiger partial charge on any atom is 0.307 e. The number of rotatable bonds is 8. The summed E-state index contributed by atoms with van der Waals surface area (Å²) in [6.07, 6.45) is 0.539. The van der Waals surface area contributed by atoms with Gasteiger partial charge in [-0.15, -0.1) is 0 Å². The molecule has 1 unspecified atom stereocenters. The molecule has 0 bridgehead atoms. The van der Waals surface area contributed by atoms with Gasteiger partial charge in [0.2, 0.25) is 17.6 Å². The van der Waals surface area contributed by atoms with Crippen LogP contribution < -0.4 is 5.32 Å². The van der Waals surface area contributed by atoms with Gasteiger partial charge in [0.25, 0.3) is 0 Å². The molecule has 0 fully saturated rings. The number of methoxy groups -OCH3 is 1. The molecule has 0 aliphatic rings. The summed E-state index contributed by atoms with van der Waals surface area (Å²) in [4.78, 5) is 28.4. The third kappa shape index (κ3) is 5.26. The second-order valence-corrected chi connectivity index (χ2v) is 6.19. The lowest BCUT2D eigenvalue weighted by Crippen LogP contribution is -2.30. The topological polar surface area (TPSA) is 94.3 Å². The van der Waals surface area contributed by atoms with E-state index in [1.807, 2.05) is 60.7 Å². The van der Waals surface area contributed by atoms with Crippen molar-refractivity contribution >= 4 is 11.9 Å². The predicted molar refractivity (Wildman–Crippen MR) is 102 cm³/mol. The molecule has 144 valence electrons. The first-order chi connectivity index (χ1) is 13.7. The van der Waals surface area contributed by atoms with Crippen LogP contribution in [0.15, 0.2) is 65.2 Å². The summed E-state index contributed by atoms with van der Waals surface area (Å²) in [6, 6.07) is 18.3. The minimum absolute atomic E-state index is 0.0605. The van der Waals surface area contributed by atoms with Crippen LogP contribution in [-0.4, -0.2) is 29.1 Å². The van der Waals surface area contributed by atoms with Gasteiger partial charge in [0, 0.05) is 18.4 Å². The van der Waals surface area contributed by atoms with Crippen LogP contribution in [0.5, 0.6) is 0 Å². The van der Waals surface area contributed by atoms with Crippen LogP contribution in [0.4, 0.5) is 0 Å². The Hall–Kier alpha value is -3.48. The van der Waals surface area contributed by atoms with Crippen molar-refractivity contribution < 1.29 is 18.8 Å². The summed E-state index contributed by atoms with van der Waals surface area (Å²) >= 11 is 0. The highest BCUT2D eigenvalue weighted by molar-refractivity contribution is 5.78. The average molecular weight is 379 g/mol. The van der Waals surface area contributed by atoms with Crippen LogP contribution in [-0.2, 0) is 20.7 Å².